The Kier molecular flexibility index (Phi) is 6.17. The summed E-state index contributed by atoms with van der Waals surface area (Å²) < 4.78 is 11.4. The quantitative estimate of drug-likeness (QED) is 0.486. The molecule has 0 saturated heterocycles. The first-order valence-corrected chi connectivity index (χ1v) is 7.36. The van der Waals surface area contributed by atoms with Gasteiger partial charge in [-0.25, -0.2) is 5.43 Å². The van der Waals surface area contributed by atoms with Gasteiger partial charge in [0.2, 0.25) is 5.91 Å². The van der Waals surface area contributed by atoms with Crippen LogP contribution in [0.5, 0.6) is 11.5 Å². The largest absolute Gasteiger partial charge is 0.490 e. The van der Waals surface area contributed by atoms with E-state index in [9.17, 15) is 4.79 Å². The maximum atomic E-state index is 10.8. The fourth-order valence-corrected chi connectivity index (χ4v) is 1.93. The van der Waals surface area contributed by atoms with Gasteiger partial charge in [0.1, 0.15) is 24.7 Å². The number of aryl methyl sites for hydroxylation is 1. The van der Waals surface area contributed by atoms with Crippen LogP contribution in [0.3, 0.4) is 0 Å². The molecule has 0 spiro atoms. The van der Waals surface area contributed by atoms with E-state index in [1.54, 1.807) is 6.21 Å². The van der Waals surface area contributed by atoms with Gasteiger partial charge in [0.25, 0.3) is 0 Å². The summed E-state index contributed by atoms with van der Waals surface area (Å²) in [6.07, 6.45) is 1.55. The minimum Gasteiger partial charge on any atom is -0.490 e. The lowest BCUT2D eigenvalue weighted by Gasteiger charge is -2.10. The van der Waals surface area contributed by atoms with Gasteiger partial charge in [0.05, 0.1) is 6.21 Å². The predicted molar refractivity (Wildman–Crippen MR) is 90.0 cm³/mol. The first-order valence-electron chi connectivity index (χ1n) is 7.36. The van der Waals surface area contributed by atoms with E-state index in [0.717, 1.165) is 16.9 Å². The van der Waals surface area contributed by atoms with Crippen molar-refractivity contribution >= 4 is 12.1 Å². The van der Waals surface area contributed by atoms with Crippen molar-refractivity contribution in [3.63, 3.8) is 0 Å². The lowest BCUT2D eigenvalue weighted by atomic mass is 10.2. The van der Waals surface area contributed by atoms with E-state index in [4.69, 9.17) is 9.47 Å². The summed E-state index contributed by atoms with van der Waals surface area (Å²) in [5.41, 5.74) is 4.31. The van der Waals surface area contributed by atoms with E-state index >= 15 is 0 Å². The molecule has 0 aliphatic heterocycles. The number of benzene rings is 2. The molecule has 5 heteroatoms. The third-order valence-electron chi connectivity index (χ3n) is 2.94. The van der Waals surface area contributed by atoms with Crippen molar-refractivity contribution in [2.24, 2.45) is 5.10 Å². The molecule has 0 fully saturated rings. The number of para-hydroxylation sites is 1. The van der Waals surface area contributed by atoms with Crippen molar-refractivity contribution in [3.05, 3.63) is 59.7 Å². The van der Waals surface area contributed by atoms with Gasteiger partial charge in [0.15, 0.2) is 0 Å². The summed E-state index contributed by atoms with van der Waals surface area (Å²) in [6, 6.07) is 15.4. The van der Waals surface area contributed by atoms with Crippen LogP contribution >= 0.6 is 0 Å². The molecule has 0 heterocycles. The van der Waals surface area contributed by atoms with Crippen molar-refractivity contribution in [3.8, 4) is 11.5 Å². The Labute approximate surface area is 135 Å². The van der Waals surface area contributed by atoms with Crippen LogP contribution in [0.25, 0.3) is 0 Å². The molecular formula is C18H20N2O3. The molecule has 0 aromatic heterocycles. The number of nitrogens with one attached hydrogen (secondary N) is 1. The number of rotatable bonds is 7. The van der Waals surface area contributed by atoms with Crippen LogP contribution in [0.1, 0.15) is 18.1 Å². The molecule has 0 radical (unpaired) electrons. The maximum absolute atomic E-state index is 10.8. The Hall–Kier alpha value is -2.82. The van der Waals surface area contributed by atoms with Crippen molar-refractivity contribution < 1.29 is 14.3 Å². The molecule has 0 unspecified atom stereocenters. The topological polar surface area (TPSA) is 59.9 Å². The zero-order valence-corrected chi connectivity index (χ0v) is 13.3. The van der Waals surface area contributed by atoms with Gasteiger partial charge in [-0.15, -0.1) is 0 Å². The van der Waals surface area contributed by atoms with Gasteiger partial charge in [-0.3, -0.25) is 4.79 Å². The maximum Gasteiger partial charge on any atom is 0.236 e. The van der Waals surface area contributed by atoms with E-state index < -0.39 is 0 Å². The molecule has 120 valence electrons. The summed E-state index contributed by atoms with van der Waals surface area (Å²) in [4.78, 5) is 10.8. The molecule has 2 aromatic rings. The van der Waals surface area contributed by atoms with E-state index in [2.05, 4.69) is 10.5 Å². The van der Waals surface area contributed by atoms with Gasteiger partial charge >= 0.3 is 0 Å². The number of ether oxygens (including phenoxy) is 2. The molecule has 5 nitrogen and oxygen atoms in total. The monoisotopic (exact) mass is 312 g/mol. The normalized spacial score (nSPS) is 10.5. The molecule has 1 N–H and O–H groups in total. The third-order valence-corrected chi connectivity index (χ3v) is 2.94. The first-order chi connectivity index (χ1) is 11.1. The summed E-state index contributed by atoms with van der Waals surface area (Å²) in [5.74, 6) is 1.30. The highest BCUT2D eigenvalue weighted by Crippen LogP contribution is 2.16. The van der Waals surface area contributed by atoms with Crippen molar-refractivity contribution in [2.75, 3.05) is 13.2 Å². The molecule has 0 aliphatic carbocycles. The van der Waals surface area contributed by atoms with Crippen LogP contribution in [-0.2, 0) is 4.79 Å². The number of amides is 1. The number of hydrogen-bond donors (Lipinski definition) is 1. The van der Waals surface area contributed by atoms with Gasteiger partial charge in [-0.2, -0.15) is 5.10 Å². The van der Waals surface area contributed by atoms with Crippen LogP contribution in [-0.4, -0.2) is 25.3 Å². The second kappa shape index (κ2) is 8.58. The fourth-order valence-electron chi connectivity index (χ4n) is 1.93. The van der Waals surface area contributed by atoms with Gasteiger partial charge in [-0.1, -0.05) is 24.3 Å². The van der Waals surface area contributed by atoms with E-state index in [-0.39, 0.29) is 5.91 Å². The highest BCUT2D eigenvalue weighted by atomic mass is 16.5. The van der Waals surface area contributed by atoms with Crippen molar-refractivity contribution in [1.29, 1.82) is 0 Å². The number of hydrogen-bond acceptors (Lipinski definition) is 4. The zero-order chi connectivity index (χ0) is 16.5. The van der Waals surface area contributed by atoms with Gasteiger partial charge < -0.3 is 9.47 Å². The van der Waals surface area contributed by atoms with Crippen molar-refractivity contribution in [2.45, 2.75) is 13.8 Å². The van der Waals surface area contributed by atoms with E-state index in [1.165, 1.54) is 6.92 Å². The van der Waals surface area contributed by atoms with Crippen LogP contribution in [0, 0.1) is 6.92 Å². The van der Waals surface area contributed by atoms with E-state index in [0.29, 0.717) is 19.0 Å². The number of hydrazone groups is 1. The van der Waals surface area contributed by atoms with Crippen LogP contribution in [0.15, 0.2) is 53.6 Å². The molecule has 0 aliphatic rings. The summed E-state index contributed by atoms with van der Waals surface area (Å²) in [7, 11) is 0. The molecule has 2 rings (SSSR count). The van der Waals surface area contributed by atoms with Gasteiger partial charge in [-0.05, 0) is 36.8 Å². The van der Waals surface area contributed by atoms with Crippen LogP contribution in [0.2, 0.25) is 0 Å². The van der Waals surface area contributed by atoms with Crippen LogP contribution < -0.4 is 14.9 Å². The summed E-state index contributed by atoms with van der Waals surface area (Å²) in [6.45, 7) is 4.29. The highest BCUT2D eigenvalue weighted by molar-refractivity contribution is 5.84. The smallest absolute Gasteiger partial charge is 0.236 e. The molecule has 0 saturated carbocycles. The third kappa shape index (κ3) is 5.82. The second-order valence-corrected chi connectivity index (χ2v) is 4.98. The fraction of sp³-hybridized carbons (Fsp3) is 0.222. The first kappa shape index (κ1) is 16.5. The number of carbonyl (C=O) groups excluding carboxylic acids is 1. The second-order valence-electron chi connectivity index (χ2n) is 4.98. The predicted octanol–water partition coefficient (Wildman–Crippen LogP) is 2.92. The molecule has 1 amide bonds. The SMILES string of the molecule is CC(=O)N/N=C/c1ccccc1OCCOc1cccc(C)c1. The minimum atomic E-state index is -0.216. The Morgan fingerprint density at radius 2 is 1.91 bits per heavy atom. The Bertz CT molecular complexity index is 683. The lowest BCUT2D eigenvalue weighted by molar-refractivity contribution is -0.118. The average Bonchev–Trinajstić information content (AvgIpc) is 2.52. The average molecular weight is 312 g/mol. The molecule has 23 heavy (non-hydrogen) atoms. The summed E-state index contributed by atoms with van der Waals surface area (Å²) in [5, 5.41) is 3.85. The minimum absolute atomic E-state index is 0.216. The molecule has 0 bridgehead atoms. The molecule has 0 atom stereocenters. The lowest BCUT2D eigenvalue weighted by Crippen LogP contribution is -2.13. The van der Waals surface area contributed by atoms with Gasteiger partial charge in [0, 0.05) is 12.5 Å². The number of nitrogens with zero attached hydrogens (tertiary/aromatic N) is 1. The van der Waals surface area contributed by atoms with Crippen LogP contribution in [0.4, 0.5) is 0 Å². The highest BCUT2D eigenvalue weighted by Gasteiger charge is 2.01. The van der Waals surface area contributed by atoms with Crippen molar-refractivity contribution in [1.82, 2.24) is 5.43 Å². The Morgan fingerprint density at radius 1 is 1.13 bits per heavy atom. The summed E-state index contributed by atoms with van der Waals surface area (Å²) >= 11 is 0. The Morgan fingerprint density at radius 3 is 2.70 bits per heavy atom. The molecular weight excluding hydrogens is 292 g/mol. The zero-order valence-electron chi connectivity index (χ0n) is 13.3. The number of carbonyl (C=O) groups is 1. The van der Waals surface area contributed by atoms with E-state index in [1.807, 2.05) is 55.5 Å². The Balaban J connectivity index is 1.85. The molecule has 2 aromatic carbocycles. The standard InChI is InChI=1S/C18H20N2O3/c1-14-6-5-8-17(12-14)22-10-11-23-18-9-4-3-7-16(18)13-19-20-15(2)21/h3-9,12-13H,10-11H2,1-2H3,(H,20,21)/b19-13+.